The third-order valence-electron chi connectivity index (χ3n) is 3.80. The molecule has 0 aliphatic heterocycles. The van der Waals surface area contributed by atoms with Crippen molar-refractivity contribution >= 4 is 16.6 Å². The quantitative estimate of drug-likeness (QED) is 0.611. The van der Waals surface area contributed by atoms with Gasteiger partial charge in [0.15, 0.2) is 11.5 Å². The summed E-state index contributed by atoms with van der Waals surface area (Å²) in [5, 5.41) is 14.2. The predicted molar refractivity (Wildman–Crippen MR) is 87.8 cm³/mol. The minimum atomic E-state index is -0.403. The van der Waals surface area contributed by atoms with Gasteiger partial charge in [0.05, 0.1) is 29.6 Å². The molecule has 7 heteroatoms. The van der Waals surface area contributed by atoms with Crippen LogP contribution in [0.4, 0.5) is 0 Å². The fourth-order valence-corrected chi connectivity index (χ4v) is 2.64. The highest BCUT2D eigenvalue weighted by atomic mass is 16.5. The van der Waals surface area contributed by atoms with Crippen molar-refractivity contribution in [3.63, 3.8) is 0 Å². The summed E-state index contributed by atoms with van der Waals surface area (Å²) >= 11 is 0. The van der Waals surface area contributed by atoms with Crippen LogP contribution in [0.3, 0.4) is 0 Å². The van der Waals surface area contributed by atoms with Crippen LogP contribution in [0.1, 0.15) is 5.56 Å². The maximum Gasteiger partial charge on any atom is 0.348 e. The zero-order chi connectivity index (χ0) is 16.7. The third-order valence-corrected chi connectivity index (χ3v) is 3.80. The molecule has 0 aliphatic rings. The van der Waals surface area contributed by atoms with E-state index in [1.807, 2.05) is 12.1 Å². The van der Waals surface area contributed by atoms with Crippen molar-refractivity contribution in [1.29, 1.82) is 5.26 Å². The molecule has 0 atom stereocenters. The van der Waals surface area contributed by atoms with Crippen LogP contribution in [0.15, 0.2) is 47.3 Å². The number of hydrogen-bond acceptors (Lipinski definition) is 5. The van der Waals surface area contributed by atoms with Gasteiger partial charge in [-0.15, -0.1) is 5.10 Å². The summed E-state index contributed by atoms with van der Waals surface area (Å²) in [7, 11) is 1.59. The van der Waals surface area contributed by atoms with Crippen LogP contribution in [0, 0.1) is 11.3 Å². The van der Waals surface area contributed by atoms with Gasteiger partial charge in [-0.2, -0.15) is 9.78 Å². The number of hydrogen-bond donors (Lipinski definition) is 1. The summed E-state index contributed by atoms with van der Waals surface area (Å²) in [6.07, 6.45) is 0. The van der Waals surface area contributed by atoms with Crippen LogP contribution >= 0.6 is 0 Å². The average Bonchev–Trinajstić information content (AvgIpc) is 3.07. The molecule has 0 saturated carbocycles. The smallest absolute Gasteiger partial charge is 0.348 e. The molecule has 0 aliphatic carbocycles. The van der Waals surface area contributed by atoms with Crippen LogP contribution in [-0.4, -0.2) is 26.7 Å². The molecule has 0 radical (unpaired) electrons. The molecular weight excluding hydrogens is 306 g/mol. The van der Waals surface area contributed by atoms with Crippen molar-refractivity contribution in [2.45, 2.75) is 0 Å². The molecule has 0 unspecified atom stereocenters. The molecule has 7 nitrogen and oxygen atoms in total. The number of benzene rings is 2. The van der Waals surface area contributed by atoms with Crippen LogP contribution in [0.5, 0.6) is 5.75 Å². The molecule has 0 fully saturated rings. The lowest BCUT2D eigenvalue weighted by Gasteiger charge is -2.00. The van der Waals surface area contributed by atoms with E-state index in [4.69, 9.17) is 4.74 Å². The molecule has 4 aromatic rings. The van der Waals surface area contributed by atoms with E-state index in [1.54, 1.807) is 37.4 Å². The summed E-state index contributed by atoms with van der Waals surface area (Å²) in [6.45, 7) is 0. The summed E-state index contributed by atoms with van der Waals surface area (Å²) in [5.74, 6) is 1.13. The Morgan fingerprint density at radius 1 is 1.21 bits per heavy atom. The van der Waals surface area contributed by atoms with Gasteiger partial charge in [0.25, 0.3) is 0 Å². The van der Waals surface area contributed by atoms with Gasteiger partial charge in [0.2, 0.25) is 0 Å². The molecule has 0 bridgehead atoms. The summed E-state index contributed by atoms with van der Waals surface area (Å²) < 4.78 is 6.32. The Balaban J connectivity index is 2.03. The average molecular weight is 317 g/mol. The van der Waals surface area contributed by atoms with Crippen LogP contribution in [0.2, 0.25) is 0 Å². The lowest BCUT2D eigenvalue weighted by molar-refractivity contribution is 0.415. The lowest BCUT2D eigenvalue weighted by Crippen LogP contribution is -2.17. The standard InChI is InChI=1S/C17H11N5O2/c1-24-12-7-5-10(6-8-12)15-20-16-14-11(9-18)3-2-4-13(14)19-17(23)22(16)21-15/h2-8H,1H3,(H,19,23). The lowest BCUT2D eigenvalue weighted by atomic mass is 10.1. The van der Waals surface area contributed by atoms with Crippen LogP contribution in [-0.2, 0) is 0 Å². The first-order valence-corrected chi connectivity index (χ1v) is 7.17. The van der Waals surface area contributed by atoms with Gasteiger partial charge in [-0.25, -0.2) is 9.78 Å². The highest BCUT2D eigenvalue weighted by Crippen LogP contribution is 2.23. The number of nitrogens with one attached hydrogen (secondary N) is 1. The van der Waals surface area contributed by atoms with E-state index >= 15 is 0 Å². The molecule has 0 spiro atoms. The Labute approximate surface area is 135 Å². The van der Waals surface area contributed by atoms with Crippen molar-refractivity contribution in [3.8, 4) is 23.2 Å². The normalized spacial score (nSPS) is 10.8. The summed E-state index contributed by atoms with van der Waals surface area (Å²) in [5.41, 5.74) is 1.70. The molecule has 0 amide bonds. The highest BCUT2D eigenvalue weighted by molar-refractivity contribution is 5.96. The number of methoxy groups -OCH3 is 1. The Kier molecular flexibility index (Phi) is 3.03. The first kappa shape index (κ1) is 14.0. The number of H-pyrrole nitrogens is 1. The van der Waals surface area contributed by atoms with Gasteiger partial charge >= 0.3 is 5.69 Å². The van der Waals surface area contributed by atoms with Crippen LogP contribution < -0.4 is 10.4 Å². The maximum atomic E-state index is 12.2. The zero-order valence-corrected chi connectivity index (χ0v) is 12.6. The van der Waals surface area contributed by atoms with Gasteiger partial charge in [-0.05, 0) is 36.4 Å². The number of nitrogens with zero attached hydrogens (tertiary/aromatic N) is 4. The molecule has 0 saturated heterocycles. The van der Waals surface area contributed by atoms with Gasteiger partial charge in [0, 0.05) is 5.56 Å². The van der Waals surface area contributed by atoms with Crippen molar-refractivity contribution in [2.24, 2.45) is 0 Å². The maximum absolute atomic E-state index is 12.2. The number of aromatic amines is 1. The van der Waals surface area contributed by atoms with E-state index in [-0.39, 0.29) is 0 Å². The fraction of sp³-hybridized carbons (Fsp3) is 0.0588. The summed E-state index contributed by atoms with van der Waals surface area (Å²) in [6, 6.07) is 14.5. The van der Waals surface area contributed by atoms with Crippen molar-refractivity contribution in [3.05, 3.63) is 58.5 Å². The molecular formula is C17H11N5O2. The molecule has 24 heavy (non-hydrogen) atoms. The van der Waals surface area contributed by atoms with Crippen molar-refractivity contribution in [2.75, 3.05) is 7.11 Å². The Morgan fingerprint density at radius 2 is 2.00 bits per heavy atom. The number of fused-ring (bicyclic) bond motifs is 3. The minimum absolute atomic E-state index is 0.358. The molecule has 116 valence electrons. The molecule has 2 aromatic heterocycles. The van der Waals surface area contributed by atoms with Crippen molar-refractivity contribution < 1.29 is 4.74 Å². The minimum Gasteiger partial charge on any atom is -0.497 e. The second-order valence-electron chi connectivity index (χ2n) is 5.17. The van der Waals surface area contributed by atoms with Gasteiger partial charge in [0.1, 0.15) is 5.75 Å². The monoisotopic (exact) mass is 317 g/mol. The van der Waals surface area contributed by atoms with E-state index in [1.165, 1.54) is 4.52 Å². The second-order valence-corrected chi connectivity index (χ2v) is 5.17. The van der Waals surface area contributed by atoms with Gasteiger partial charge in [-0.1, -0.05) is 6.07 Å². The largest absolute Gasteiger partial charge is 0.497 e. The van der Waals surface area contributed by atoms with Crippen molar-refractivity contribution in [1.82, 2.24) is 19.6 Å². The highest BCUT2D eigenvalue weighted by Gasteiger charge is 2.14. The van der Waals surface area contributed by atoms with Gasteiger partial charge < -0.3 is 9.72 Å². The topological polar surface area (TPSA) is 96.1 Å². The Hall–Kier alpha value is -3.66. The second kappa shape index (κ2) is 5.21. The van der Waals surface area contributed by atoms with E-state index in [0.29, 0.717) is 27.9 Å². The molecule has 2 aromatic carbocycles. The van der Waals surface area contributed by atoms with E-state index in [2.05, 4.69) is 21.1 Å². The van der Waals surface area contributed by atoms with E-state index in [9.17, 15) is 10.1 Å². The Morgan fingerprint density at radius 3 is 2.71 bits per heavy atom. The fourth-order valence-electron chi connectivity index (χ4n) is 2.64. The number of nitriles is 1. The predicted octanol–water partition coefficient (Wildman–Crippen LogP) is 2.12. The van der Waals surface area contributed by atoms with Gasteiger partial charge in [-0.3, -0.25) is 0 Å². The van der Waals surface area contributed by atoms with E-state index < -0.39 is 5.69 Å². The van der Waals surface area contributed by atoms with E-state index in [0.717, 1.165) is 11.3 Å². The van der Waals surface area contributed by atoms with Crippen LogP contribution in [0.25, 0.3) is 27.9 Å². The molecule has 2 heterocycles. The number of aromatic nitrogens is 4. The first-order valence-electron chi connectivity index (χ1n) is 7.17. The first-order chi connectivity index (χ1) is 11.7. The molecule has 1 N–H and O–H groups in total. The third kappa shape index (κ3) is 2.01. The Bertz CT molecular complexity index is 1170. The zero-order valence-electron chi connectivity index (χ0n) is 12.6. The SMILES string of the molecule is COc1ccc(-c2nc3c4c(C#N)cccc4[nH]c(=O)n3n2)cc1. The molecule has 4 rings (SSSR count). The number of ether oxygens (including phenoxy) is 1. The summed E-state index contributed by atoms with van der Waals surface area (Å²) in [4.78, 5) is 19.4. The number of rotatable bonds is 2.